The van der Waals surface area contributed by atoms with Crippen LogP contribution in [0.2, 0.25) is 0 Å². The molecular formula is C17H19N3O2S. The highest BCUT2D eigenvalue weighted by atomic mass is 32.2. The van der Waals surface area contributed by atoms with Crippen LogP contribution in [0.15, 0.2) is 35.7 Å². The summed E-state index contributed by atoms with van der Waals surface area (Å²) in [6, 6.07) is 6.08. The van der Waals surface area contributed by atoms with Crippen molar-refractivity contribution in [2.24, 2.45) is 0 Å². The lowest BCUT2D eigenvalue weighted by atomic mass is 9.87. The van der Waals surface area contributed by atoms with Crippen molar-refractivity contribution in [1.29, 1.82) is 0 Å². The molecule has 1 heterocycles. The largest absolute Gasteiger partial charge is 0.497 e. The molecule has 0 bridgehead atoms. The number of nitrogens with zero attached hydrogens (tertiary/aromatic N) is 2. The number of aromatic nitrogens is 2. The van der Waals surface area contributed by atoms with Crippen LogP contribution in [0.5, 0.6) is 5.75 Å². The molecule has 1 amide bonds. The molecule has 120 valence electrons. The molecule has 1 unspecified atom stereocenters. The van der Waals surface area contributed by atoms with Crippen molar-refractivity contribution in [1.82, 2.24) is 15.3 Å². The minimum absolute atomic E-state index is 0.0254. The Balaban J connectivity index is 1.77. The second-order valence-electron chi connectivity index (χ2n) is 5.44. The maximum atomic E-state index is 12.4. The third kappa shape index (κ3) is 3.47. The lowest BCUT2D eigenvalue weighted by Crippen LogP contribution is -2.31. The Bertz CT molecular complexity index is 703. The molecule has 0 aliphatic heterocycles. The van der Waals surface area contributed by atoms with E-state index in [0.717, 1.165) is 25.0 Å². The summed E-state index contributed by atoms with van der Waals surface area (Å²) in [5.41, 5.74) is 2.91. The zero-order valence-corrected chi connectivity index (χ0v) is 14.0. The average molecular weight is 329 g/mol. The van der Waals surface area contributed by atoms with E-state index in [1.165, 1.54) is 22.9 Å². The summed E-state index contributed by atoms with van der Waals surface area (Å²) in [7, 11) is 1.67. The highest BCUT2D eigenvalue weighted by Gasteiger charge is 2.23. The van der Waals surface area contributed by atoms with Crippen molar-refractivity contribution in [3.63, 3.8) is 0 Å². The van der Waals surface area contributed by atoms with Gasteiger partial charge >= 0.3 is 0 Å². The molecule has 0 saturated heterocycles. The monoisotopic (exact) mass is 329 g/mol. The number of hydrogen-bond acceptors (Lipinski definition) is 5. The first-order chi connectivity index (χ1) is 11.2. The molecule has 1 aromatic carbocycles. The second-order valence-corrected chi connectivity index (χ2v) is 6.21. The normalized spacial score (nSPS) is 16.5. The molecule has 0 radical (unpaired) electrons. The number of rotatable bonds is 4. The summed E-state index contributed by atoms with van der Waals surface area (Å²) in [4.78, 5) is 20.7. The number of ether oxygens (including phenoxy) is 1. The van der Waals surface area contributed by atoms with Crippen LogP contribution in [-0.4, -0.2) is 29.2 Å². The van der Waals surface area contributed by atoms with Crippen LogP contribution >= 0.6 is 11.8 Å². The maximum absolute atomic E-state index is 12.4. The van der Waals surface area contributed by atoms with Crippen LogP contribution in [0.3, 0.4) is 0 Å². The van der Waals surface area contributed by atoms with Crippen LogP contribution < -0.4 is 10.1 Å². The van der Waals surface area contributed by atoms with E-state index in [9.17, 15) is 4.79 Å². The number of hydrogen-bond donors (Lipinski definition) is 1. The minimum atomic E-state index is -0.133. The summed E-state index contributed by atoms with van der Waals surface area (Å²) in [5.74, 6) is 0.725. The van der Waals surface area contributed by atoms with E-state index in [1.54, 1.807) is 19.5 Å². The van der Waals surface area contributed by atoms with Gasteiger partial charge in [-0.3, -0.25) is 4.79 Å². The predicted molar refractivity (Wildman–Crippen MR) is 90.0 cm³/mol. The standard InChI is InChI=1S/C17H19N3O2S/c1-22-13-6-7-14-11(8-13)4-3-5-15(14)20-16(21)12-9-18-17(23-2)19-10-12/h6-10,15H,3-5H2,1-2H3,(H,20,21). The Morgan fingerprint density at radius 2 is 2.13 bits per heavy atom. The number of aryl methyl sites for hydroxylation is 1. The van der Waals surface area contributed by atoms with E-state index in [-0.39, 0.29) is 11.9 Å². The van der Waals surface area contributed by atoms with Gasteiger partial charge in [-0.1, -0.05) is 17.8 Å². The first-order valence-corrected chi connectivity index (χ1v) is 8.77. The zero-order valence-electron chi connectivity index (χ0n) is 13.2. The summed E-state index contributed by atoms with van der Waals surface area (Å²) in [6.45, 7) is 0. The van der Waals surface area contributed by atoms with E-state index in [4.69, 9.17) is 4.74 Å². The van der Waals surface area contributed by atoms with Crippen LogP contribution in [0.25, 0.3) is 0 Å². The van der Waals surface area contributed by atoms with Crippen molar-refractivity contribution < 1.29 is 9.53 Å². The molecule has 0 saturated carbocycles. The third-order valence-corrected chi connectivity index (χ3v) is 4.62. The Kier molecular flexibility index (Phi) is 4.81. The Hall–Kier alpha value is -2.08. The highest BCUT2D eigenvalue weighted by Crippen LogP contribution is 2.32. The van der Waals surface area contributed by atoms with Crippen molar-refractivity contribution in [2.75, 3.05) is 13.4 Å². The molecule has 1 aliphatic carbocycles. The van der Waals surface area contributed by atoms with Gasteiger partial charge < -0.3 is 10.1 Å². The molecule has 2 aromatic rings. The van der Waals surface area contributed by atoms with E-state index >= 15 is 0 Å². The number of methoxy groups -OCH3 is 1. The summed E-state index contributed by atoms with van der Waals surface area (Å²) < 4.78 is 5.28. The number of benzene rings is 1. The van der Waals surface area contributed by atoms with E-state index in [0.29, 0.717) is 10.7 Å². The molecule has 1 atom stereocenters. The van der Waals surface area contributed by atoms with Crippen LogP contribution in [0.1, 0.15) is 40.4 Å². The quantitative estimate of drug-likeness (QED) is 0.690. The third-order valence-electron chi connectivity index (χ3n) is 4.04. The van der Waals surface area contributed by atoms with Gasteiger partial charge in [0.1, 0.15) is 5.75 Å². The summed E-state index contributed by atoms with van der Waals surface area (Å²) in [6.07, 6.45) is 8.06. The summed E-state index contributed by atoms with van der Waals surface area (Å²) >= 11 is 1.45. The number of carbonyl (C=O) groups excluding carboxylic acids is 1. The van der Waals surface area contributed by atoms with Gasteiger partial charge in [0, 0.05) is 12.4 Å². The number of carbonyl (C=O) groups is 1. The van der Waals surface area contributed by atoms with Crippen LogP contribution in [0.4, 0.5) is 0 Å². The lowest BCUT2D eigenvalue weighted by molar-refractivity contribution is 0.0932. The van der Waals surface area contributed by atoms with E-state index in [1.807, 2.05) is 18.4 Å². The Morgan fingerprint density at radius 1 is 1.35 bits per heavy atom. The van der Waals surface area contributed by atoms with Gasteiger partial charge in [0.05, 0.1) is 18.7 Å². The smallest absolute Gasteiger partial charge is 0.254 e. The van der Waals surface area contributed by atoms with Gasteiger partial charge in [-0.15, -0.1) is 0 Å². The van der Waals surface area contributed by atoms with Crippen molar-refractivity contribution in [3.05, 3.63) is 47.3 Å². The lowest BCUT2D eigenvalue weighted by Gasteiger charge is -2.26. The fourth-order valence-electron chi connectivity index (χ4n) is 2.85. The van der Waals surface area contributed by atoms with Crippen molar-refractivity contribution in [2.45, 2.75) is 30.5 Å². The Labute approximate surface area is 139 Å². The molecule has 1 aliphatic rings. The fraction of sp³-hybridized carbons (Fsp3) is 0.353. The molecule has 1 N–H and O–H groups in total. The van der Waals surface area contributed by atoms with Crippen molar-refractivity contribution >= 4 is 17.7 Å². The first kappa shape index (κ1) is 15.8. The second kappa shape index (κ2) is 7.00. The molecule has 0 fully saturated rings. The topological polar surface area (TPSA) is 64.1 Å². The average Bonchev–Trinajstić information content (AvgIpc) is 2.61. The maximum Gasteiger partial charge on any atom is 0.254 e. The highest BCUT2D eigenvalue weighted by molar-refractivity contribution is 7.98. The van der Waals surface area contributed by atoms with E-state index in [2.05, 4.69) is 21.4 Å². The summed E-state index contributed by atoms with van der Waals surface area (Å²) in [5, 5.41) is 3.76. The zero-order chi connectivity index (χ0) is 16.2. The molecule has 6 heteroatoms. The van der Waals surface area contributed by atoms with Gasteiger partial charge in [0.15, 0.2) is 5.16 Å². The number of nitrogens with one attached hydrogen (secondary N) is 1. The van der Waals surface area contributed by atoms with Gasteiger partial charge in [0.25, 0.3) is 5.91 Å². The first-order valence-electron chi connectivity index (χ1n) is 7.55. The van der Waals surface area contributed by atoms with E-state index < -0.39 is 0 Å². The molecule has 1 aromatic heterocycles. The molecule has 0 spiro atoms. The number of fused-ring (bicyclic) bond motifs is 1. The van der Waals surface area contributed by atoms with Gasteiger partial charge in [-0.2, -0.15) is 0 Å². The SMILES string of the molecule is COc1ccc2c(c1)CCCC2NC(=O)c1cnc(SC)nc1. The van der Waals surface area contributed by atoms with Gasteiger partial charge in [0.2, 0.25) is 0 Å². The van der Waals surface area contributed by atoms with Crippen molar-refractivity contribution in [3.8, 4) is 5.75 Å². The molecule has 3 rings (SSSR count). The van der Waals surface area contributed by atoms with Crippen LogP contribution in [-0.2, 0) is 6.42 Å². The molecular weight excluding hydrogens is 310 g/mol. The molecule has 23 heavy (non-hydrogen) atoms. The number of amides is 1. The van der Waals surface area contributed by atoms with Crippen LogP contribution in [0, 0.1) is 0 Å². The minimum Gasteiger partial charge on any atom is -0.497 e. The van der Waals surface area contributed by atoms with Gasteiger partial charge in [-0.05, 0) is 48.8 Å². The molecule has 5 nitrogen and oxygen atoms in total. The predicted octanol–water partition coefficient (Wildman–Crippen LogP) is 3.01. The fourth-order valence-corrected chi connectivity index (χ4v) is 3.16. The number of thioether (sulfide) groups is 1. The Morgan fingerprint density at radius 3 is 2.83 bits per heavy atom. The van der Waals surface area contributed by atoms with Gasteiger partial charge in [-0.25, -0.2) is 9.97 Å².